The zero-order chi connectivity index (χ0) is 14.7. The van der Waals surface area contributed by atoms with Gasteiger partial charge in [-0.15, -0.1) is 0 Å². The summed E-state index contributed by atoms with van der Waals surface area (Å²) in [6.07, 6.45) is 0. The van der Waals surface area contributed by atoms with Gasteiger partial charge < -0.3 is 5.32 Å². The van der Waals surface area contributed by atoms with Crippen molar-refractivity contribution in [3.8, 4) is 6.07 Å². The molecule has 0 spiro atoms. The Hall–Kier alpha value is -2.55. The van der Waals surface area contributed by atoms with Gasteiger partial charge in [-0.2, -0.15) is 5.26 Å². The van der Waals surface area contributed by atoms with E-state index in [1.165, 1.54) is 18.2 Å². The van der Waals surface area contributed by atoms with E-state index < -0.39 is 29.0 Å². The van der Waals surface area contributed by atoms with Gasteiger partial charge in [0.05, 0.1) is 11.3 Å². The second kappa shape index (κ2) is 5.61. The van der Waals surface area contributed by atoms with Crippen molar-refractivity contribution in [3.05, 3.63) is 64.7 Å². The minimum absolute atomic E-state index is 0.0909. The maximum atomic E-state index is 13.7. The van der Waals surface area contributed by atoms with Crippen molar-refractivity contribution in [1.29, 1.82) is 5.26 Å². The summed E-state index contributed by atoms with van der Waals surface area (Å²) in [4.78, 5) is 0. The Labute approximate surface area is 112 Å². The maximum absolute atomic E-state index is 13.7. The Kier molecular flexibility index (Phi) is 3.89. The van der Waals surface area contributed by atoms with E-state index in [0.29, 0.717) is 6.07 Å². The van der Waals surface area contributed by atoms with Gasteiger partial charge in [-0.3, -0.25) is 0 Å². The average molecular weight is 280 g/mol. The number of nitriles is 1. The number of anilines is 1. The van der Waals surface area contributed by atoms with E-state index in [-0.39, 0.29) is 17.7 Å². The summed E-state index contributed by atoms with van der Waals surface area (Å²) in [5, 5.41) is 11.1. The van der Waals surface area contributed by atoms with E-state index in [2.05, 4.69) is 5.32 Å². The third kappa shape index (κ3) is 2.72. The number of hydrogen-bond acceptors (Lipinski definition) is 2. The van der Waals surface area contributed by atoms with Crippen LogP contribution in [-0.4, -0.2) is 0 Å². The van der Waals surface area contributed by atoms with Gasteiger partial charge in [0.15, 0.2) is 11.6 Å². The molecule has 0 aliphatic carbocycles. The molecule has 0 aromatic heterocycles. The summed E-state index contributed by atoms with van der Waals surface area (Å²) in [7, 11) is 0. The Balaban J connectivity index is 2.24. The van der Waals surface area contributed by atoms with Gasteiger partial charge in [0.25, 0.3) is 0 Å². The molecule has 2 nitrogen and oxygen atoms in total. The molecule has 0 saturated heterocycles. The summed E-state index contributed by atoms with van der Waals surface area (Å²) in [6.45, 7) is -0.207. The number of rotatable bonds is 3. The number of hydrogen-bond donors (Lipinski definition) is 1. The average Bonchev–Trinajstić information content (AvgIpc) is 2.42. The SMILES string of the molecule is N#Cc1cccc(CNc2cc(F)cc(F)c2F)c1F. The van der Waals surface area contributed by atoms with E-state index in [1.54, 1.807) is 6.07 Å². The third-order valence-electron chi connectivity index (χ3n) is 2.66. The zero-order valence-corrected chi connectivity index (χ0v) is 10.1. The summed E-state index contributed by atoms with van der Waals surface area (Å²) in [5.41, 5.74) is -0.479. The van der Waals surface area contributed by atoms with Crippen molar-refractivity contribution in [2.45, 2.75) is 6.54 Å². The summed E-state index contributed by atoms with van der Waals surface area (Å²) >= 11 is 0. The first-order valence-corrected chi connectivity index (χ1v) is 5.59. The molecular formula is C14H8F4N2. The van der Waals surface area contributed by atoms with Crippen LogP contribution in [0, 0.1) is 34.6 Å². The van der Waals surface area contributed by atoms with Crippen LogP contribution in [0.2, 0.25) is 0 Å². The molecule has 0 amide bonds. The molecule has 0 fully saturated rings. The molecule has 0 saturated carbocycles. The molecule has 20 heavy (non-hydrogen) atoms. The van der Waals surface area contributed by atoms with E-state index in [4.69, 9.17) is 5.26 Å². The monoisotopic (exact) mass is 280 g/mol. The smallest absolute Gasteiger partial charge is 0.182 e. The molecule has 102 valence electrons. The fourth-order valence-corrected chi connectivity index (χ4v) is 1.68. The molecule has 0 heterocycles. The minimum atomic E-state index is -1.33. The van der Waals surface area contributed by atoms with Crippen molar-refractivity contribution in [1.82, 2.24) is 0 Å². The molecule has 0 aliphatic rings. The number of benzene rings is 2. The molecule has 0 aliphatic heterocycles. The zero-order valence-electron chi connectivity index (χ0n) is 10.1. The lowest BCUT2D eigenvalue weighted by atomic mass is 10.1. The van der Waals surface area contributed by atoms with Gasteiger partial charge in [0, 0.05) is 24.2 Å². The summed E-state index contributed by atoms with van der Waals surface area (Å²) in [5.74, 6) is -4.28. The second-order valence-electron chi connectivity index (χ2n) is 3.99. The van der Waals surface area contributed by atoms with Crippen LogP contribution in [0.3, 0.4) is 0 Å². The number of nitrogens with one attached hydrogen (secondary N) is 1. The Morgan fingerprint density at radius 1 is 1.05 bits per heavy atom. The van der Waals surface area contributed by atoms with Crippen LogP contribution in [0.5, 0.6) is 0 Å². The van der Waals surface area contributed by atoms with Crippen LogP contribution in [0.25, 0.3) is 0 Å². The Morgan fingerprint density at radius 3 is 2.50 bits per heavy atom. The quantitative estimate of drug-likeness (QED) is 0.687. The van der Waals surface area contributed by atoms with Crippen LogP contribution in [0.15, 0.2) is 30.3 Å². The molecule has 2 rings (SSSR count). The van der Waals surface area contributed by atoms with E-state index in [1.807, 2.05) is 0 Å². The normalized spacial score (nSPS) is 10.2. The molecule has 2 aromatic rings. The van der Waals surface area contributed by atoms with E-state index >= 15 is 0 Å². The minimum Gasteiger partial charge on any atom is -0.378 e. The third-order valence-corrected chi connectivity index (χ3v) is 2.66. The molecule has 1 N–H and O–H groups in total. The van der Waals surface area contributed by atoms with Crippen molar-refractivity contribution in [3.63, 3.8) is 0 Å². The summed E-state index contributed by atoms with van der Waals surface area (Å²) < 4.78 is 53.1. The van der Waals surface area contributed by atoms with Crippen molar-refractivity contribution < 1.29 is 17.6 Å². The van der Waals surface area contributed by atoms with Crippen LogP contribution in [0.4, 0.5) is 23.2 Å². The van der Waals surface area contributed by atoms with Gasteiger partial charge in [-0.1, -0.05) is 12.1 Å². The van der Waals surface area contributed by atoms with Crippen LogP contribution in [0.1, 0.15) is 11.1 Å². The van der Waals surface area contributed by atoms with Gasteiger partial charge >= 0.3 is 0 Å². The maximum Gasteiger partial charge on any atom is 0.182 e. The van der Waals surface area contributed by atoms with Crippen LogP contribution >= 0.6 is 0 Å². The van der Waals surface area contributed by atoms with Crippen molar-refractivity contribution in [2.75, 3.05) is 5.32 Å². The fraction of sp³-hybridized carbons (Fsp3) is 0.0714. The fourth-order valence-electron chi connectivity index (χ4n) is 1.68. The van der Waals surface area contributed by atoms with Crippen LogP contribution < -0.4 is 5.32 Å². The predicted octanol–water partition coefficient (Wildman–Crippen LogP) is 3.73. The van der Waals surface area contributed by atoms with Gasteiger partial charge in [0.1, 0.15) is 17.7 Å². The number of halogens is 4. The van der Waals surface area contributed by atoms with Crippen molar-refractivity contribution >= 4 is 5.69 Å². The van der Waals surface area contributed by atoms with Gasteiger partial charge in [0.2, 0.25) is 0 Å². The Morgan fingerprint density at radius 2 is 1.80 bits per heavy atom. The lowest BCUT2D eigenvalue weighted by Crippen LogP contribution is -2.06. The second-order valence-corrected chi connectivity index (χ2v) is 3.99. The summed E-state index contributed by atoms with van der Waals surface area (Å²) in [6, 6.07) is 6.99. The lowest BCUT2D eigenvalue weighted by Gasteiger charge is -2.09. The standard InChI is InChI=1S/C14H8F4N2/c15-10-4-11(16)14(18)12(5-10)20-7-9-3-1-2-8(6-19)13(9)17/h1-5,20H,7H2. The molecule has 0 unspecified atom stereocenters. The predicted molar refractivity (Wildman–Crippen MR) is 64.8 cm³/mol. The molecule has 0 radical (unpaired) electrons. The van der Waals surface area contributed by atoms with Crippen molar-refractivity contribution in [2.24, 2.45) is 0 Å². The van der Waals surface area contributed by atoms with Gasteiger partial charge in [-0.05, 0) is 6.07 Å². The van der Waals surface area contributed by atoms with E-state index in [9.17, 15) is 17.6 Å². The first kappa shape index (κ1) is 13.9. The first-order valence-electron chi connectivity index (χ1n) is 5.59. The van der Waals surface area contributed by atoms with Gasteiger partial charge in [-0.25, -0.2) is 17.6 Å². The first-order chi connectivity index (χ1) is 9.52. The highest BCUT2D eigenvalue weighted by Gasteiger charge is 2.12. The largest absolute Gasteiger partial charge is 0.378 e. The molecule has 2 aromatic carbocycles. The number of nitrogens with zero attached hydrogens (tertiary/aromatic N) is 1. The highest BCUT2D eigenvalue weighted by Crippen LogP contribution is 2.21. The van der Waals surface area contributed by atoms with E-state index in [0.717, 1.165) is 6.07 Å². The molecule has 0 bridgehead atoms. The van der Waals surface area contributed by atoms with Crippen LogP contribution in [-0.2, 0) is 6.54 Å². The molecule has 6 heteroatoms. The topological polar surface area (TPSA) is 35.8 Å². The highest BCUT2D eigenvalue weighted by molar-refractivity contribution is 5.46. The Bertz CT molecular complexity index is 692. The molecular weight excluding hydrogens is 272 g/mol. The highest BCUT2D eigenvalue weighted by atomic mass is 19.2. The molecule has 0 atom stereocenters. The lowest BCUT2D eigenvalue weighted by molar-refractivity contribution is 0.497.